The van der Waals surface area contributed by atoms with Crippen molar-refractivity contribution in [1.29, 1.82) is 0 Å². The molecule has 1 atom stereocenters. The summed E-state index contributed by atoms with van der Waals surface area (Å²) in [5.74, 6) is 0.902. The summed E-state index contributed by atoms with van der Waals surface area (Å²) < 4.78 is 0. The minimum Gasteiger partial charge on any atom is -0.0853 e. The lowest BCUT2D eigenvalue weighted by atomic mass is 9.91. The van der Waals surface area contributed by atoms with E-state index in [1.54, 1.807) is 5.57 Å². The lowest BCUT2D eigenvalue weighted by molar-refractivity contribution is 0.531. The van der Waals surface area contributed by atoms with Gasteiger partial charge in [-0.15, -0.1) is 0 Å². The van der Waals surface area contributed by atoms with Gasteiger partial charge in [0.2, 0.25) is 0 Å². The van der Waals surface area contributed by atoms with Gasteiger partial charge in [0.15, 0.2) is 0 Å². The van der Waals surface area contributed by atoms with E-state index in [1.165, 1.54) is 38.5 Å². The van der Waals surface area contributed by atoms with Crippen molar-refractivity contribution in [1.82, 2.24) is 0 Å². The molecule has 0 nitrogen and oxygen atoms in total. The van der Waals surface area contributed by atoms with Gasteiger partial charge in [0.1, 0.15) is 0 Å². The Kier molecular flexibility index (Phi) is 3.68. The molecule has 11 heavy (non-hydrogen) atoms. The zero-order valence-corrected chi connectivity index (χ0v) is 7.90. The van der Waals surface area contributed by atoms with Crippen LogP contribution < -0.4 is 0 Å². The Bertz CT molecular complexity index is 133. The Labute approximate surface area is 70.7 Å². The van der Waals surface area contributed by atoms with Crippen LogP contribution >= 0.6 is 0 Å². The Morgan fingerprint density at radius 3 is 2.82 bits per heavy atom. The van der Waals surface area contributed by atoms with Crippen molar-refractivity contribution in [3.63, 3.8) is 0 Å². The molecule has 0 N–H and O–H groups in total. The molecule has 0 saturated heterocycles. The molecule has 0 bridgehead atoms. The first-order valence-electron chi connectivity index (χ1n) is 5.00. The van der Waals surface area contributed by atoms with Crippen molar-refractivity contribution in [2.45, 2.75) is 52.4 Å². The van der Waals surface area contributed by atoms with Crippen LogP contribution in [0.15, 0.2) is 11.6 Å². The molecule has 1 unspecified atom stereocenters. The average molecular weight is 152 g/mol. The van der Waals surface area contributed by atoms with Gasteiger partial charge in [0.05, 0.1) is 0 Å². The SMILES string of the molecule is CCC(C)CC1=CCCCC1. The van der Waals surface area contributed by atoms with E-state index in [0.29, 0.717) is 0 Å². The summed E-state index contributed by atoms with van der Waals surface area (Å²) in [6.45, 7) is 4.64. The maximum Gasteiger partial charge on any atom is -0.0295 e. The molecule has 0 aromatic heterocycles. The first kappa shape index (κ1) is 8.83. The second-order valence-corrected chi connectivity index (χ2v) is 3.83. The molecule has 0 fully saturated rings. The van der Waals surface area contributed by atoms with Crippen LogP contribution in [0.1, 0.15) is 52.4 Å². The summed E-state index contributed by atoms with van der Waals surface area (Å²) in [6.07, 6.45) is 10.7. The first-order chi connectivity index (χ1) is 5.33. The van der Waals surface area contributed by atoms with Crippen LogP contribution in [-0.4, -0.2) is 0 Å². The van der Waals surface area contributed by atoms with Crippen molar-refractivity contribution in [3.8, 4) is 0 Å². The number of rotatable bonds is 3. The van der Waals surface area contributed by atoms with E-state index >= 15 is 0 Å². The molecule has 0 saturated carbocycles. The van der Waals surface area contributed by atoms with Crippen molar-refractivity contribution in [3.05, 3.63) is 11.6 Å². The van der Waals surface area contributed by atoms with Gasteiger partial charge >= 0.3 is 0 Å². The third-order valence-corrected chi connectivity index (χ3v) is 2.69. The summed E-state index contributed by atoms with van der Waals surface area (Å²) in [7, 11) is 0. The molecular weight excluding hydrogens is 132 g/mol. The van der Waals surface area contributed by atoms with Gasteiger partial charge in [-0.1, -0.05) is 31.9 Å². The van der Waals surface area contributed by atoms with E-state index in [1.807, 2.05) is 0 Å². The molecule has 0 radical (unpaired) electrons. The van der Waals surface area contributed by atoms with E-state index < -0.39 is 0 Å². The lowest BCUT2D eigenvalue weighted by Gasteiger charge is -2.15. The summed E-state index contributed by atoms with van der Waals surface area (Å²) in [5.41, 5.74) is 1.73. The van der Waals surface area contributed by atoms with Crippen LogP contribution in [0.5, 0.6) is 0 Å². The summed E-state index contributed by atoms with van der Waals surface area (Å²) in [5, 5.41) is 0. The minimum absolute atomic E-state index is 0.902. The number of allylic oxidation sites excluding steroid dienone is 2. The van der Waals surface area contributed by atoms with Gasteiger partial charge < -0.3 is 0 Å². The molecule has 0 heterocycles. The van der Waals surface area contributed by atoms with Crippen molar-refractivity contribution < 1.29 is 0 Å². The Morgan fingerprint density at radius 1 is 1.45 bits per heavy atom. The Balaban J connectivity index is 2.29. The van der Waals surface area contributed by atoms with E-state index in [4.69, 9.17) is 0 Å². The molecule has 1 aliphatic carbocycles. The molecule has 0 amide bonds. The second-order valence-electron chi connectivity index (χ2n) is 3.83. The fourth-order valence-electron chi connectivity index (χ4n) is 1.68. The van der Waals surface area contributed by atoms with Gasteiger partial charge in [-0.2, -0.15) is 0 Å². The normalized spacial score (nSPS) is 21.1. The van der Waals surface area contributed by atoms with Crippen LogP contribution in [-0.2, 0) is 0 Å². The molecule has 0 heteroatoms. The molecule has 1 aliphatic rings. The van der Waals surface area contributed by atoms with Gasteiger partial charge in [-0.25, -0.2) is 0 Å². The maximum absolute atomic E-state index is 2.47. The predicted octanol–water partition coefficient (Wildman–Crippen LogP) is 3.92. The van der Waals surface area contributed by atoms with Crippen molar-refractivity contribution in [2.75, 3.05) is 0 Å². The molecular formula is C11H20. The standard InChI is InChI=1S/C11H20/c1-3-10(2)9-11-7-5-4-6-8-11/h7,10H,3-6,8-9H2,1-2H3. The summed E-state index contributed by atoms with van der Waals surface area (Å²) in [6, 6.07) is 0. The molecule has 0 aromatic rings. The van der Waals surface area contributed by atoms with Gasteiger partial charge in [-0.3, -0.25) is 0 Å². The fourth-order valence-corrected chi connectivity index (χ4v) is 1.68. The fraction of sp³-hybridized carbons (Fsp3) is 0.818. The number of hydrogen-bond donors (Lipinski definition) is 0. The monoisotopic (exact) mass is 152 g/mol. The molecule has 0 spiro atoms. The smallest absolute Gasteiger partial charge is 0.0295 e. The van der Waals surface area contributed by atoms with E-state index in [9.17, 15) is 0 Å². The highest BCUT2D eigenvalue weighted by Gasteiger charge is 2.06. The third kappa shape index (κ3) is 3.09. The van der Waals surface area contributed by atoms with Gasteiger partial charge in [0.25, 0.3) is 0 Å². The van der Waals surface area contributed by atoms with Crippen LogP contribution in [0.2, 0.25) is 0 Å². The second kappa shape index (κ2) is 4.58. The highest BCUT2D eigenvalue weighted by atomic mass is 14.1. The predicted molar refractivity (Wildman–Crippen MR) is 50.6 cm³/mol. The summed E-state index contributed by atoms with van der Waals surface area (Å²) >= 11 is 0. The zero-order chi connectivity index (χ0) is 8.10. The third-order valence-electron chi connectivity index (χ3n) is 2.69. The van der Waals surface area contributed by atoms with Gasteiger partial charge in [0, 0.05) is 0 Å². The van der Waals surface area contributed by atoms with Crippen LogP contribution in [0, 0.1) is 5.92 Å². The average Bonchev–Trinajstić information content (AvgIpc) is 2.06. The van der Waals surface area contributed by atoms with Crippen LogP contribution in [0.25, 0.3) is 0 Å². The van der Waals surface area contributed by atoms with Crippen molar-refractivity contribution in [2.24, 2.45) is 5.92 Å². The largest absolute Gasteiger partial charge is 0.0853 e. The van der Waals surface area contributed by atoms with E-state index in [-0.39, 0.29) is 0 Å². The Morgan fingerprint density at radius 2 is 2.27 bits per heavy atom. The summed E-state index contributed by atoms with van der Waals surface area (Å²) in [4.78, 5) is 0. The van der Waals surface area contributed by atoms with E-state index in [0.717, 1.165) is 5.92 Å². The highest BCUT2D eigenvalue weighted by molar-refractivity contribution is 5.05. The first-order valence-corrected chi connectivity index (χ1v) is 5.00. The zero-order valence-electron chi connectivity index (χ0n) is 7.90. The van der Waals surface area contributed by atoms with Crippen LogP contribution in [0.3, 0.4) is 0 Å². The highest BCUT2D eigenvalue weighted by Crippen LogP contribution is 2.24. The molecule has 1 rings (SSSR count). The topological polar surface area (TPSA) is 0 Å². The van der Waals surface area contributed by atoms with Crippen LogP contribution in [0.4, 0.5) is 0 Å². The lowest BCUT2D eigenvalue weighted by Crippen LogP contribution is -1.98. The van der Waals surface area contributed by atoms with E-state index in [2.05, 4.69) is 19.9 Å². The molecule has 0 aliphatic heterocycles. The van der Waals surface area contributed by atoms with Crippen molar-refractivity contribution >= 4 is 0 Å². The Hall–Kier alpha value is -0.260. The van der Waals surface area contributed by atoms with Gasteiger partial charge in [-0.05, 0) is 38.0 Å². The minimum atomic E-state index is 0.902. The molecule has 0 aromatic carbocycles. The molecule has 64 valence electrons. The quantitative estimate of drug-likeness (QED) is 0.538. The maximum atomic E-state index is 2.47. The number of hydrogen-bond acceptors (Lipinski definition) is 0.